The van der Waals surface area contributed by atoms with E-state index in [4.69, 9.17) is 5.73 Å². The van der Waals surface area contributed by atoms with E-state index in [0.29, 0.717) is 12.1 Å². The van der Waals surface area contributed by atoms with Gasteiger partial charge in [-0.1, -0.05) is 0 Å². The van der Waals surface area contributed by atoms with E-state index in [0.717, 1.165) is 0 Å². The Hall–Kier alpha value is -1.79. The number of nitrogens with two attached hydrogens (primary N) is 1. The Balaban J connectivity index is 3.23. The lowest BCUT2D eigenvalue weighted by molar-refractivity contribution is -0.139. The number of carbonyl (C=O) groups is 1. The van der Waals surface area contributed by atoms with Crippen LogP contribution in [0.2, 0.25) is 0 Å². The third-order valence-electron chi connectivity index (χ3n) is 1.94. The number of anilines is 1. The van der Waals surface area contributed by atoms with Gasteiger partial charge in [0.15, 0.2) is 0 Å². The zero-order valence-corrected chi connectivity index (χ0v) is 8.77. The Morgan fingerprint density at radius 3 is 2.47 bits per heavy atom. The lowest BCUT2D eigenvalue weighted by Gasteiger charge is -2.11. The minimum absolute atomic E-state index is 0.0148. The van der Waals surface area contributed by atoms with Crippen molar-refractivity contribution >= 4 is 11.7 Å². The summed E-state index contributed by atoms with van der Waals surface area (Å²) in [5.41, 5.74) is 2.85. The summed E-state index contributed by atoms with van der Waals surface area (Å²) in [5.74, 6) is -2.52. The molecule has 3 nitrogen and oxygen atoms in total. The van der Waals surface area contributed by atoms with Gasteiger partial charge in [0, 0.05) is 5.69 Å². The van der Waals surface area contributed by atoms with Crippen LogP contribution >= 0.6 is 0 Å². The Morgan fingerprint density at radius 2 is 2.00 bits per heavy atom. The van der Waals surface area contributed by atoms with Gasteiger partial charge in [0.05, 0.1) is 17.7 Å². The fourth-order valence-corrected chi connectivity index (χ4v) is 1.19. The number of carbonyl (C=O) groups excluding carboxylic acids is 1. The number of rotatable bonds is 2. The van der Waals surface area contributed by atoms with Crippen LogP contribution in [0, 0.1) is 5.82 Å². The van der Waals surface area contributed by atoms with Crippen molar-refractivity contribution in [3.8, 4) is 0 Å². The molecule has 0 amide bonds. The van der Waals surface area contributed by atoms with Crippen LogP contribution in [0.5, 0.6) is 0 Å². The van der Waals surface area contributed by atoms with Crippen molar-refractivity contribution < 1.29 is 27.1 Å². The van der Waals surface area contributed by atoms with Gasteiger partial charge in [0.25, 0.3) is 0 Å². The molecule has 1 aromatic carbocycles. The monoisotopic (exact) mass is 251 g/mol. The molecule has 0 saturated heterocycles. The third kappa shape index (κ3) is 2.86. The van der Waals surface area contributed by atoms with Crippen LogP contribution in [0.4, 0.5) is 23.2 Å². The van der Waals surface area contributed by atoms with E-state index in [-0.39, 0.29) is 6.61 Å². The van der Waals surface area contributed by atoms with E-state index >= 15 is 0 Å². The average Bonchev–Trinajstić information content (AvgIpc) is 2.19. The quantitative estimate of drug-likeness (QED) is 0.499. The van der Waals surface area contributed by atoms with E-state index in [1.807, 2.05) is 0 Å². The van der Waals surface area contributed by atoms with Crippen molar-refractivity contribution in [2.75, 3.05) is 12.3 Å². The summed E-state index contributed by atoms with van der Waals surface area (Å²) in [6, 6.07) is 0.803. The Bertz CT molecular complexity index is 443. The number of benzene rings is 1. The van der Waals surface area contributed by atoms with Crippen LogP contribution in [0.15, 0.2) is 12.1 Å². The average molecular weight is 251 g/mol. The molecule has 1 rings (SSSR count). The highest BCUT2D eigenvalue weighted by molar-refractivity contribution is 5.95. The summed E-state index contributed by atoms with van der Waals surface area (Å²) >= 11 is 0. The van der Waals surface area contributed by atoms with Crippen molar-refractivity contribution in [1.82, 2.24) is 0 Å². The SMILES string of the molecule is CCOC(=O)c1cc(F)c(C(F)(F)F)cc1N. The molecular formula is C10H9F4NO2. The van der Waals surface area contributed by atoms with E-state index in [1.54, 1.807) is 0 Å². The van der Waals surface area contributed by atoms with Crippen LogP contribution in [-0.4, -0.2) is 12.6 Å². The number of hydrogen-bond acceptors (Lipinski definition) is 3. The maximum absolute atomic E-state index is 13.1. The van der Waals surface area contributed by atoms with Gasteiger partial charge in [-0.3, -0.25) is 0 Å². The molecule has 0 radical (unpaired) electrons. The van der Waals surface area contributed by atoms with Gasteiger partial charge in [0.2, 0.25) is 0 Å². The number of alkyl halides is 3. The zero-order valence-electron chi connectivity index (χ0n) is 8.77. The largest absolute Gasteiger partial charge is 0.462 e. The molecule has 0 saturated carbocycles. The molecule has 0 bridgehead atoms. The molecular weight excluding hydrogens is 242 g/mol. The molecule has 0 spiro atoms. The van der Waals surface area contributed by atoms with Crippen LogP contribution in [0.1, 0.15) is 22.8 Å². The number of esters is 1. The Kier molecular flexibility index (Phi) is 3.59. The molecule has 1 aromatic rings. The predicted molar refractivity (Wildman–Crippen MR) is 51.8 cm³/mol. The van der Waals surface area contributed by atoms with Gasteiger partial charge in [0.1, 0.15) is 5.82 Å². The predicted octanol–water partition coefficient (Wildman–Crippen LogP) is 2.60. The van der Waals surface area contributed by atoms with Gasteiger partial charge >= 0.3 is 12.1 Å². The third-order valence-corrected chi connectivity index (χ3v) is 1.94. The molecule has 0 atom stereocenters. The zero-order chi connectivity index (χ0) is 13.2. The van der Waals surface area contributed by atoms with Gasteiger partial charge in [-0.15, -0.1) is 0 Å². The second-order valence-electron chi connectivity index (χ2n) is 3.14. The molecule has 0 aliphatic carbocycles. The first kappa shape index (κ1) is 13.3. The van der Waals surface area contributed by atoms with E-state index < -0.39 is 34.8 Å². The molecule has 0 aromatic heterocycles. The minimum Gasteiger partial charge on any atom is -0.462 e. The van der Waals surface area contributed by atoms with Crippen LogP contribution in [0.3, 0.4) is 0 Å². The van der Waals surface area contributed by atoms with E-state index in [2.05, 4.69) is 4.74 Å². The summed E-state index contributed by atoms with van der Waals surface area (Å²) in [4.78, 5) is 11.2. The second kappa shape index (κ2) is 4.60. The number of nitrogen functional groups attached to an aromatic ring is 1. The maximum atomic E-state index is 13.1. The molecule has 2 N–H and O–H groups in total. The molecule has 0 heterocycles. The van der Waals surface area contributed by atoms with Crippen molar-refractivity contribution in [2.24, 2.45) is 0 Å². The Labute approximate surface area is 94.2 Å². The van der Waals surface area contributed by atoms with Crippen molar-refractivity contribution in [3.05, 3.63) is 29.1 Å². The summed E-state index contributed by atoms with van der Waals surface area (Å²) < 4.78 is 54.6. The number of ether oxygens (including phenoxy) is 1. The summed E-state index contributed by atoms with van der Waals surface area (Å²) in [6.07, 6.45) is -4.86. The number of halogens is 4. The van der Waals surface area contributed by atoms with Crippen molar-refractivity contribution in [2.45, 2.75) is 13.1 Å². The summed E-state index contributed by atoms with van der Waals surface area (Å²) in [5, 5.41) is 0. The summed E-state index contributed by atoms with van der Waals surface area (Å²) in [7, 11) is 0. The standard InChI is InChI=1S/C10H9F4NO2/c1-2-17-9(16)5-3-7(11)6(4-8(5)15)10(12,13)14/h3-4H,2,15H2,1H3. The first-order valence-electron chi connectivity index (χ1n) is 4.60. The van der Waals surface area contributed by atoms with E-state index in [9.17, 15) is 22.4 Å². The van der Waals surface area contributed by atoms with Gasteiger partial charge in [-0.2, -0.15) is 13.2 Å². The first-order chi connectivity index (χ1) is 7.77. The molecule has 0 fully saturated rings. The second-order valence-corrected chi connectivity index (χ2v) is 3.14. The molecule has 0 aliphatic heterocycles. The number of hydrogen-bond donors (Lipinski definition) is 1. The Morgan fingerprint density at radius 1 is 1.41 bits per heavy atom. The topological polar surface area (TPSA) is 52.3 Å². The lowest BCUT2D eigenvalue weighted by Crippen LogP contribution is -2.13. The van der Waals surface area contributed by atoms with Crippen LogP contribution < -0.4 is 5.73 Å². The van der Waals surface area contributed by atoms with Crippen molar-refractivity contribution in [1.29, 1.82) is 0 Å². The molecule has 17 heavy (non-hydrogen) atoms. The highest BCUT2D eigenvalue weighted by Crippen LogP contribution is 2.33. The fraction of sp³-hybridized carbons (Fsp3) is 0.300. The molecule has 0 unspecified atom stereocenters. The molecule has 7 heteroatoms. The minimum atomic E-state index is -4.86. The first-order valence-corrected chi connectivity index (χ1v) is 4.60. The molecule has 94 valence electrons. The van der Waals surface area contributed by atoms with Gasteiger partial charge in [-0.25, -0.2) is 9.18 Å². The fourth-order valence-electron chi connectivity index (χ4n) is 1.19. The normalized spacial score (nSPS) is 11.4. The van der Waals surface area contributed by atoms with Crippen LogP contribution in [-0.2, 0) is 10.9 Å². The lowest BCUT2D eigenvalue weighted by atomic mass is 10.1. The highest BCUT2D eigenvalue weighted by Gasteiger charge is 2.35. The smallest absolute Gasteiger partial charge is 0.419 e. The van der Waals surface area contributed by atoms with E-state index in [1.165, 1.54) is 6.92 Å². The van der Waals surface area contributed by atoms with Gasteiger partial charge < -0.3 is 10.5 Å². The summed E-state index contributed by atoms with van der Waals surface area (Å²) in [6.45, 7) is 1.52. The highest BCUT2D eigenvalue weighted by atomic mass is 19.4. The maximum Gasteiger partial charge on any atom is 0.419 e. The molecule has 0 aliphatic rings. The van der Waals surface area contributed by atoms with Crippen LogP contribution in [0.25, 0.3) is 0 Å². The van der Waals surface area contributed by atoms with Gasteiger partial charge in [-0.05, 0) is 19.1 Å². The van der Waals surface area contributed by atoms with Crippen molar-refractivity contribution in [3.63, 3.8) is 0 Å².